The maximum atomic E-state index is 13.4. The summed E-state index contributed by atoms with van der Waals surface area (Å²) in [5, 5.41) is -0.143. The molecule has 3 rings (SSSR count). The summed E-state index contributed by atoms with van der Waals surface area (Å²) in [6.07, 6.45) is 2.48. The molecule has 1 aliphatic carbocycles. The van der Waals surface area contributed by atoms with Gasteiger partial charge in [-0.25, -0.2) is 4.39 Å². The van der Waals surface area contributed by atoms with Crippen LogP contribution < -0.4 is 4.74 Å². The molecule has 0 spiro atoms. The molecule has 1 saturated carbocycles. The number of halogens is 2. The van der Waals surface area contributed by atoms with Gasteiger partial charge in [0.1, 0.15) is 11.6 Å². The van der Waals surface area contributed by atoms with Crippen LogP contribution in [0.2, 0.25) is 5.02 Å². The monoisotopic (exact) mass is 290 g/mol. The first-order chi connectivity index (χ1) is 9.65. The van der Waals surface area contributed by atoms with Gasteiger partial charge in [-0.05, 0) is 49.2 Å². The van der Waals surface area contributed by atoms with E-state index in [1.165, 1.54) is 18.2 Å². The van der Waals surface area contributed by atoms with E-state index in [0.29, 0.717) is 11.7 Å². The quantitative estimate of drug-likeness (QED) is 0.787. The first-order valence-corrected chi connectivity index (χ1v) is 6.78. The third kappa shape index (κ3) is 2.68. The summed E-state index contributed by atoms with van der Waals surface area (Å²) in [4.78, 5) is 12.3. The number of carbonyl (C=O) groups excluding carboxylic acids is 1. The fourth-order valence-electron chi connectivity index (χ4n) is 1.90. The van der Waals surface area contributed by atoms with E-state index in [2.05, 4.69) is 0 Å². The molecule has 0 heterocycles. The second-order valence-corrected chi connectivity index (χ2v) is 5.15. The van der Waals surface area contributed by atoms with E-state index < -0.39 is 5.82 Å². The van der Waals surface area contributed by atoms with Crippen molar-refractivity contribution in [3.63, 3.8) is 0 Å². The largest absolute Gasteiger partial charge is 0.490 e. The van der Waals surface area contributed by atoms with E-state index in [9.17, 15) is 9.18 Å². The number of rotatable bonds is 4. The van der Waals surface area contributed by atoms with Crippen molar-refractivity contribution in [3.8, 4) is 5.75 Å². The van der Waals surface area contributed by atoms with Crippen molar-refractivity contribution in [3.05, 3.63) is 64.4 Å². The highest BCUT2D eigenvalue weighted by Crippen LogP contribution is 2.28. The maximum absolute atomic E-state index is 13.4. The van der Waals surface area contributed by atoms with Gasteiger partial charge in [-0.15, -0.1) is 0 Å². The molecule has 0 aliphatic heterocycles. The Labute approximate surface area is 121 Å². The predicted molar refractivity (Wildman–Crippen MR) is 74.9 cm³/mol. The van der Waals surface area contributed by atoms with Gasteiger partial charge in [0.2, 0.25) is 0 Å². The van der Waals surface area contributed by atoms with E-state index in [0.717, 1.165) is 18.6 Å². The Bertz CT molecular complexity index is 648. The van der Waals surface area contributed by atoms with Gasteiger partial charge >= 0.3 is 0 Å². The summed E-state index contributed by atoms with van der Waals surface area (Å²) in [5.74, 6) is -0.145. The molecule has 0 atom stereocenters. The van der Waals surface area contributed by atoms with Gasteiger partial charge in [-0.3, -0.25) is 4.79 Å². The molecule has 2 aromatic rings. The zero-order chi connectivity index (χ0) is 14.1. The second-order valence-electron chi connectivity index (χ2n) is 4.77. The smallest absolute Gasteiger partial charge is 0.194 e. The number of ketones is 1. The minimum atomic E-state index is -0.591. The molecule has 0 unspecified atom stereocenters. The van der Waals surface area contributed by atoms with Crippen LogP contribution in [-0.4, -0.2) is 11.9 Å². The van der Waals surface area contributed by atoms with Crippen molar-refractivity contribution in [2.24, 2.45) is 0 Å². The Balaban J connectivity index is 1.84. The summed E-state index contributed by atoms with van der Waals surface area (Å²) >= 11 is 5.83. The lowest BCUT2D eigenvalue weighted by molar-refractivity contribution is 0.103. The number of carbonyl (C=O) groups is 1. The molecular formula is C16H12ClFO2. The van der Waals surface area contributed by atoms with Crippen LogP contribution in [0.25, 0.3) is 0 Å². The molecule has 0 saturated heterocycles. The minimum Gasteiger partial charge on any atom is -0.490 e. The fraction of sp³-hybridized carbons (Fsp3) is 0.188. The van der Waals surface area contributed by atoms with E-state index in [-0.39, 0.29) is 16.4 Å². The van der Waals surface area contributed by atoms with E-state index in [1.807, 2.05) is 0 Å². The molecule has 1 aliphatic rings. The topological polar surface area (TPSA) is 26.3 Å². The van der Waals surface area contributed by atoms with Crippen LogP contribution in [0, 0.1) is 5.82 Å². The third-order valence-electron chi connectivity index (χ3n) is 3.14. The van der Waals surface area contributed by atoms with E-state index >= 15 is 0 Å². The molecule has 0 bridgehead atoms. The molecule has 0 amide bonds. The highest BCUT2D eigenvalue weighted by Gasteiger charge is 2.23. The lowest BCUT2D eigenvalue weighted by Gasteiger charge is -2.07. The Morgan fingerprint density at radius 3 is 2.50 bits per heavy atom. The summed E-state index contributed by atoms with van der Waals surface area (Å²) < 4.78 is 19.0. The number of hydrogen-bond donors (Lipinski definition) is 0. The van der Waals surface area contributed by atoms with Crippen LogP contribution in [0.3, 0.4) is 0 Å². The van der Waals surface area contributed by atoms with Gasteiger partial charge in [0.25, 0.3) is 0 Å². The van der Waals surface area contributed by atoms with Crippen molar-refractivity contribution < 1.29 is 13.9 Å². The Hall–Kier alpha value is -1.87. The summed E-state index contributed by atoms with van der Waals surface area (Å²) in [6.45, 7) is 0. The van der Waals surface area contributed by atoms with Crippen LogP contribution in [0.15, 0.2) is 42.5 Å². The van der Waals surface area contributed by atoms with E-state index in [1.54, 1.807) is 24.3 Å². The maximum Gasteiger partial charge on any atom is 0.194 e. The summed E-state index contributed by atoms with van der Waals surface area (Å²) in [6, 6.07) is 11.0. The normalized spacial score (nSPS) is 14.1. The molecule has 2 aromatic carbocycles. The molecule has 0 radical (unpaired) electrons. The van der Waals surface area contributed by atoms with Gasteiger partial charge in [-0.2, -0.15) is 0 Å². The predicted octanol–water partition coefficient (Wildman–Crippen LogP) is 4.25. The number of benzene rings is 2. The highest BCUT2D eigenvalue weighted by atomic mass is 35.5. The third-order valence-corrected chi connectivity index (χ3v) is 3.52. The molecular weight excluding hydrogens is 279 g/mol. The van der Waals surface area contributed by atoms with Crippen molar-refractivity contribution in [1.29, 1.82) is 0 Å². The second kappa shape index (κ2) is 5.25. The standard InChI is InChI=1S/C16H12ClFO2/c17-15-13(2-1-3-14(15)18)16(19)10-4-6-11(7-5-10)20-12-8-9-12/h1-7,12H,8-9H2. The van der Waals surface area contributed by atoms with Gasteiger partial charge in [0, 0.05) is 11.1 Å². The first-order valence-electron chi connectivity index (χ1n) is 6.40. The van der Waals surface area contributed by atoms with Gasteiger partial charge in [0.15, 0.2) is 5.78 Å². The fourth-order valence-corrected chi connectivity index (χ4v) is 2.11. The van der Waals surface area contributed by atoms with Crippen molar-refractivity contribution in [2.75, 3.05) is 0 Å². The SMILES string of the molecule is O=C(c1ccc(OC2CC2)cc1)c1cccc(F)c1Cl. The molecule has 102 valence electrons. The zero-order valence-corrected chi connectivity index (χ0v) is 11.4. The van der Waals surface area contributed by atoms with Crippen LogP contribution in [0.4, 0.5) is 4.39 Å². The Morgan fingerprint density at radius 1 is 1.15 bits per heavy atom. The van der Waals surface area contributed by atoms with Crippen LogP contribution in [0.5, 0.6) is 5.75 Å². The summed E-state index contributed by atoms with van der Waals surface area (Å²) in [5.41, 5.74) is 0.628. The molecule has 2 nitrogen and oxygen atoms in total. The average molecular weight is 291 g/mol. The first kappa shape index (κ1) is 13.1. The molecule has 20 heavy (non-hydrogen) atoms. The number of ether oxygens (including phenoxy) is 1. The van der Waals surface area contributed by atoms with Gasteiger partial charge in [-0.1, -0.05) is 17.7 Å². The van der Waals surface area contributed by atoms with E-state index in [4.69, 9.17) is 16.3 Å². The Kier molecular flexibility index (Phi) is 3.45. The van der Waals surface area contributed by atoms with Crippen molar-refractivity contribution in [2.45, 2.75) is 18.9 Å². The lowest BCUT2D eigenvalue weighted by atomic mass is 10.0. The lowest BCUT2D eigenvalue weighted by Crippen LogP contribution is -2.03. The molecule has 4 heteroatoms. The van der Waals surface area contributed by atoms with Gasteiger partial charge < -0.3 is 4.74 Å². The molecule has 0 N–H and O–H groups in total. The minimum absolute atomic E-state index is 0.143. The van der Waals surface area contributed by atoms with Crippen molar-refractivity contribution in [1.82, 2.24) is 0 Å². The molecule has 1 fully saturated rings. The van der Waals surface area contributed by atoms with Crippen molar-refractivity contribution >= 4 is 17.4 Å². The zero-order valence-electron chi connectivity index (χ0n) is 10.6. The van der Waals surface area contributed by atoms with Crippen LogP contribution in [0.1, 0.15) is 28.8 Å². The number of hydrogen-bond acceptors (Lipinski definition) is 2. The summed E-state index contributed by atoms with van der Waals surface area (Å²) in [7, 11) is 0. The highest BCUT2D eigenvalue weighted by molar-refractivity contribution is 6.35. The van der Waals surface area contributed by atoms with Gasteiger partial charge in [0.05, 0.1) is 11.1 Å². The molecule has 0 aromatic heterocycles. The Morgan fingerprint density at radius 2 is 1.85 bits per heavy atom. The van der Waals surface area contributed by atoms with Crippen LogP contribution in [-0.2, 0) is 0 Å². The average Bonchev–Trinajstić information content (AvgIpc) is 3.26. The van der Waals surface area contributed by atoms with Crippen LogP contribution >= 0.6 is 11.6 Å².